The van der Waals surface area contributed by atoms with E-state index in [9.17, 15) is 4.79 Å². The minimum atomic E-state index is -0.0896. The maximum absolute atomic E-state index is 11.6. The van der Waals surface area contributed by atoms with Gasteiger partial charge in [0.1, 0.15) is 0 Å². The lowest BCUT2D eigenvalue weighted by atomic mass is 10.0. The predicted molar refractivity (Wildman–Crippen MR) is 73.6 cm³/mol. The lowest BCUT2D eigenvalue weighted by Crippen LogP contribution is -2.48. The van der Waals surface area contributed by atoms with Gasteiger partial charge in [0, 0.05) is 12.6 Å². The molecule has 1 unspecified atom stereocenters. The number of esters is 1. The Labute approximate surface area is 111 Å². The van der Waals surface area contributed by atoms with Gasteiger partial charge in [-0.25, -0.2) is 0 Å². The first-order valence-electron chi connectivity index (χ1n) is 7.23. The van der Waals surface area contributed by atoms with Crippen molar-refractivity contribution in [2.75, 3.05) is 32.8 Å². The molecule has 0 amide bonds. The van der Waals surface area contributed by atoms with E-state index >= 15 is 0 Å². The Morgan fingerprint density at radius 1 is 1.44 bits per heavy atom. The quantitative estimate of drug-likeness (QED) is 0.703. The van der Waals surface area contributed by atoms with Crippen molar-refractivity contribution in [3.05, 3.63) is 0 Å². The Hall–Kier alpha value is -0.610. The van der Waals surface area contributed by atoms with Gasteiger partial charge < -0.3 is 10.1 Å². The van der Waals surface area contributed by atoms with Crippen molar-refractivity contribution >= 4 is 5.97 Å². The van der Waals surface area contributed by atoms with Crippen molar-refractivity contribution in [2.24, 2.45) is 5.92 Å². The molecule has 0 saturated carbocycles. The van der Waals surface area contributed by atoms with Crippen molar-refractivity contribution in [1.29, 1.82) is 0 Å². The number of nitrogens with zero attached hydrogens (tertiary/aromatic N) is 1. The lowest BCUT2D eigenvalue weighted by molar-refractivity contribution is -0.145. The van der Waals surface area contributed by atoms with Gasteiger partial charge in [-0.2, -0.15) is 0 Å². The van der Waals surface area contributed by atoms with E-state index in [4.69, 9.17) is 4.74 Å². The Morgan fingerprint density at radius 2 is 2.22 bits per heavy atom. The van der Waals surface area contributed by atoms with Crippen LogP contribution in [0.2, 0.25) is 0 Å². The van der Waals surface area contributed by atoms with Gasteiger partial charge in [0.25, 0.3) is 0 Å². The summed E-state index contributed by atoms with van der Waals surface area (Å²) in [5.74, 6) is 0.584. The van der Waals surface area contributed by atoms with Gasteiger partial charge in [0.2, 0.25) is 0 Å². The summed E-state index contributed by atoms with van der Waals surface area (Å²) in [7, 11) is 0. The normalized spacial score (nSPS) is 21.2. The first-order chi connectivity index (χ1) is 8.63. The second kappa shape index (κ2) is 8.48. The molecule has 1 heterocycles. The first kappa shape index (κ1) is 15.4. The Bertz CT molecular complexity index is 244. The summed E-state index contributed by atoms with van der Waals surface area (Å²) in [6.45, 7) is 10.3. The highest BCUT2D eigenvalue weighted by Gasteiger charge is 2.24. The van der Waals surface area contributed by atoms with Crippen molar-refractivity contribution < 1.29 is 9.53 Å². The third-order valence-electron chi connectivity index (χ3n) is 3.32. The topological polar surface area (TPSA) is 41.6 Å². The van der Waals surface area contributed by atoms with Gasteiger partial charge in [-0.3, -0.25) is 9.69 Å². The van der Waals surface area contributed by atoms with Gasteiger partial charge in [0.15, 0.2) is 0 Å². The van der Waals surface area contributed by atoms with Gasteiger partial charge in [0.05, 0.1) is 13.2 Å². The van der Waals surface area contributed by atoms with Gasteiger partial charge in [-0.1, -0.05) is 20.3 Å². The summed E-state index contributed by atoms with van der Waals surface area (Å²) in [4.78, 5) is 13.8. The van der Waals surface area contributed by atoms with E-state index in [1.807, 2.05) is 6.92 Å². The molecule has 1 aliphatic rings. The monoisotopic (exact) mass is 256 g/mol. The number of rotatable bonds is 7. The van der Waals surface area contributed by atoms with Crippen LogP contribution in [-0.2, 0) is 9.53 Å². The fourth-order valence-electron chi connectivity index (χ4n) is 2.41. The summed E-state index contributed by atoms with van der Waals surface area (Å²) in [5.41, 5.74) is 0. The summed E-state index contributed by atoms with van der Waals surface area (Å²) in [6.07, 6.45) is 3.65. The van der Waals surface area contributed by atoms with Crippen LogP contribution in [0.1, 0.15) is 40.0 Å². The summed E-state index contributed by atoms with van der Waals surface area (Å²) in [6, 6.07) is 0.488. The zero-order valence-corrected chi connectivity index (χ0v) is 12.1. The SMILES string of the molecule is CCOC(=O)CN1CCCCC1CNCC(C)C. The molecule has 4 heteroatoms. The van der Waals surface area contributed by atoms with E-state index < -0.39 is 0 Å². The molecule has 0 aromatic heterocycles. The highest BCUT2D eigenvalue weighted by Crippen LogP contribution is 2.16. The van der Waals surface area contributed by atoms with Crippen molar-refractivity contribution in [3.8, 4) is 0 Å². The Kier molecular flexibility index (Phi) is 7.28. The number of hydrogen-bond acceptors (Lipinski definition) is 4. The van der Waals surface area contributed by atoms with Crippen molar-refractivity contribution in [1.82, 2.24) is 10.2 Å². The van der Waals surface area contributed by atoms with Crippen LogP contribution < -0.4 is 5.32 Å². The van der Waals surface area contributed by atoms with Crippen LogP contribution in [0, 0.1) is 5.92 Å². The van der Waals surface area contributed by atoms with Gasteiger partial charge in [-0.05, 0) is 38.8 Å². The largest absolute Gasteiger partial charge is 0.465 e. The third-order valence-corrected chi connectivity index (χ3v) is 3.32. The van der Waals surface area contributed by atoms with E-state index in [0.717, 1.165) is 19.6 Å². The molecule has 1 rings (SSSR count). The zero-order valence-electron chi connectivity index (χ0n) is 12.1. The number of nitrogens with one attached hydrogen (secondary N) is 1. The molecule has 1 N–H and O–H groups in total. The average Bonchev–Trinajstić information content (AvgIpc) is 2.31. The maximum atomic E-state index is 11.6. The van der Waals surface area contributed by atoms with E-state index in [2.05, 4.69) is 24.1 Å². The molecule has 1 atom stereocenters. The maximum Gasteiger partial charge on any atom is 0.320 e. The number of ether oxygens (including phenoxy) is 1. The van der Waals surface area contributed by atoms with Gasteiger partial charge in [-0.15, -0.1) is 0 Å². The molecule has 0 aliphatic carbocycles. The number of likely N-dealkylation sites (tertiary alicyclic amines) is 1. The molecule has 4 nitrogen and oxygen atoms in total. The van der Waals surface area contributed by atoms with Gasteiger partial charge >= 0.3 is 5.97 Å². The van der Waals surface area contributed by atoms with Crippen LogP contribution in [0.3, 0.4) is 0 Å². The number of hydrogen-bond donors (Lipinski definition) is 1. The number of piperidine rings is 1. The minimum Gasteiger partial charge on any atom is -0.465 e. The Morgan fingerprint density at radius 3 is 2.89 bits per heavy atom. The van der Waals surface area contributed by atoms with E-state index in [1.54, 1.807) is 0 Å². The molecule has 1 saturated heterocycles. The van der Waals surface area contributed by atoms with Crippen molar-refractivity contribution in [2.45, 2.75) is 46.1 Å². The summed E-state index contributed by atoms with van der Waals surface area (Å²) in [5, 5.41) is 3.50. The molecule has 0 aromatic carbocycles. The molecule has 0 radical (unpaired) electrons. The van der Waals surface area contributed by atoms with Crippen molar-refractivity contribution in [3.63, 3.8) is 0 Å². The molecular formula is C14H28N2O2. The summed E-state index contributed by atoms with van der Waals surface area (Å²) < 4.78 is 5.03. The standard InChI is InChI=1S/C14H28N2O2/c1-4-18-14(17)11-16-8-6-5-7-13(16)10-15-9-12(2)3/h12-13,15H,4-11H2,1-3H3. The molecule has 0 spiro atoms. The molecule has 1 fully saturated rings. The zero-order chi connectivity index (χ0) is 13.4. The van der Waals surface area contributed by atoms with Crippen LogP contribution in [0.15, 0.2) is 0 Å². The van der Waals surface area contributed by atoms with E-state index in [1.165, 1.54) is 19.3 Å². The van der Waals surface area contributed by atoms with Crippen LogP contribution in [0.5, 0.6) is 0 Å². The lowest BCUT2D eigenvalue weighted by Gasteiger charge is -2.35. The molecule has 106 valence electrons. The molecule has 18 heavy (non-hydrogen) atoms. The number of carbonyl (C=O) groups is 1. The van der Waals surface area contributed by atoms with Crippen LogP contribution in [0.25, 0.3) is 0 Å². The highest BCUT2D eigenvalue weighted by atomic mass is 16.5. The molecular weight excluding hydrogens is 228 g/mol. The molecule has 0 aromatic rings. The fourth-order valence-corrected chi connectivity index (χ4v) is 2.41. The smallest absolute Gasteiger partial charge is 0.320 e. The molecule has 0 bridgehead atoms. The van der Waals surface area contributed by atoms with Crippen LogP contribution in [0.4, 0.5) is 0 Å². The summed E-state index contributed by atoms with van der Waals surface area (Å²) >= 11 is 0. The number of carbonyl (C=O) groups excluding carboxylic acids is 1. The third kappa shape index (κ3) is 5.83. The average molecular weight is 256 g/mol. The highest BCUT2D eigenvalue weighted by molar-refractivity contribution is 5.71. The Balaban J connectivity index is 2.34. The predicted octanol–water partition coefficient (Wildman–Crippen LogP) is 1.65. The van der Waals surface area contributed by atoms with Crippen LogP contribution >= 0.6 is 0 Å². The molecule has 1 aliphatic heterocycles. The minimum absolute atomic E-state index is 0.0896. The van der Waals surface area contributed by atoms with Crippen LogP contribution in [-0.4, -0.2) is 49.7 Å². The fraction of sp³-hybridized carbons (Fsp3) is 0.929. The van der Waals surface area contributed by atoms with E-state index in [0.29, 0.717) is 25.1 Å². The van der Waals surface area contributed by atoms with E-state index in [-0.39, 0.29) is 5.97 Å². The second-order valence-electron chi connectivity index (χ2n) is 5.48. The first-order valence-corrected chi connectivity index (χ1v) is 7.23. The second-order valence-corrected chi connectivity index (χ2v) is 5.48.